The van der Waals surface area contributed by atoms with Gasteiger partial charge in [-0.05, 0) is 25.7 Å². The highest BCUT2D eigenvalue weighted by Crippen LogP contribution is 2.27. The molecule has 2 atom stereocenters. The maximum absolute atomic E-state index is 12.3. The fourth-order valence-electron chi connectivity index (χ4n) is 2.42. The molecule has 0 aliphatic heterocycles. The van der Waals surface area contributed by atoms with Crippen LogP contribution >= 0.6 is 15.9 Å². The molecule has 0 aromatic carbocycles. The van der Waals surface area contributed by atoms with E-state index in [1.54, 1.807) is 6.92 Å². The van der Waals surface area contributed by atoms with Crippen molar-refractivity contribution in [3.8, 4) is 0 Å². The predicted molar refractivity (Wildman–Crippen MR) is 73.2 cm³/mol. The molecule has 0 amide bonds. The number of nitrogens with one attached hydrogen (secondary N) is 2. The Bertz CT molecular complexity index is 500. The number of hydrogen-bond donors (Lipinski definition) is 2. The number of aromatic amines is 1. The first-order valence-electron chi connectivity index (χ1n) is 6.13. The van der Waals surface area contributed by atoms with Crippen molar-refractivity contribution in [1.29, 1.82) is 0 Å². The molecule has 7 heteroatoms. The minimum Gasteiger partial charge on any atom is -0.281 e. The standard InChI is InChI=1S/C11H18BrN3O2S/c1-8-11(7-13-14-8)18(16,17)15-10-5-3-2-4-9(10)6-12/h7,9-10,15H,2-6H2,1H3,(H,13,14). The van der Waals surface area contributed by atoms with E-state index in [1.165, 1.54) is 12.6 Å². The third-order valence-corrected chi connectivity index (χ3v) is 5.92. The zero-order valence-corrected chi connectivity index (χ0v) is 12.7. The molecule has 5 nitrogen and oxygen atoms in total. The van der Waals surface area contributed by atoms with Gasteiger partial charge < -0.3 is 0 Å². The van der Waals surface area contributed by atoms with Gasteiger partial charge in [-0.2, -0.15) is 5.10 Å². The van der Waals surface area contributed by atoms with Gasteiger partial charge in [0, 0.05) is 11.4 Å². The number of sulfonamides is 1. The Hall–Kier alpha value is -0.400. The van der Waals surface area contributed by atoms with E-state index >= 15 is 0 Å². The van der Waals surface area contributed by atoms with Crippen molar-refractivity contribution in [2.75, 3.05) is 5.33 Å². The van der Waals surface area contributed by atoms with Gasteiger partial charge in [-0.25, -0.2) is 13.1 Å². The summed E-state index contributed by atoms with van der Waals surface area (Å²) in [6, 6.07) is 0.0254. The average molecular weight is 336 g/mol. The summed E-state index contributed by atoms with van der Waals surface area (Å²) in [5, 5.41) is 7.26. The molecule has 0 radical (unpaired) electrons. The van der Waals surface area contributed by atoms with Crippen LogP contribution in [0.4, 0.5) is 0 Å². The van der Waals surface area contributed by atoms with Gasteiger partial charge in [-0.15, -0.1) is 0 Å². The molecule has 1 saturated carbocycles. The molecule has 0 saturated heterocycles. The van der Waals surface area contributed by atoms with Crippen LogP contribution in [0.2, 0.25) is 0 Å². The van der Waals surface area contributed by atoms with Crippen molar-refractivity contribution in [3.63, 3.8) is 0 Å². The average Bonchev–Trinajstić information content (AvgIpc) is 2.76. The first-order valence-corrected chi connectivity index (χ1v) is 8.73. The molecular formula is C11H18BrN3O2S. The molecule has 18 heavy (non-hydrogen) atoms. The fraction of sp³-hybridized carbons (Fsp3) is 0.727. The summed E-state index contributed by atoms with van der Waals surface area (Å²) in [7, 11) is -3.45. The monoisotopic (exact) mass is 335 g/mol. The van der Waals surface area contributed by atoms with Gasteiger partial charge in [0.1, 0.15) is 4.90 Å². The lowest BCUT2D eigenvalue weighted by atomic mass is 9.87. The van der Waals surface area contributed by atoms with Crippen LogP contribution in [-0.2, 0) is 10.0 Å². The minimum atomic E-state index is -3.45. The molecule has 0 bridgehead atoms. The second kappa shape index (κ2) is 5.71. The third-order valence-electron chi connectivity index (χ3n) is 3.49. The van der Waals surface area contributed by atoms with E-state index in [1.807, 2.05) is 0 Å². The molecule has 2 rings (SSSR count). The Labute approximate surface area is 116 Å². The lowest BCUT2D eigenvalue weighted by Crippen LogP contribution is -2.42. The van der Waals surface area contributed by atoms with E-state index in [2.05, 4.69) is 30.8 Å². The van der Waals surface area contributed by atoms with E-state index in [0.717, 1.165) is 24.6 Å². The van der Waals surface area contributed by atoms with E-state index < -0.39 is 10.0 Å². The lowest BCUT2D eigenvalue weighted by molar-refractivity contribution is 0.316. The van der Waals surface area contributed by atoms with E-state index in [9.17, 15) is 8.42 Å². The second-order valence-electron chi connectivity index (χ2n) is 4.79. The van der Waals surface area contributed by atoms with Gasteiger partial charge in [0.15, 0.2) is 0 Å². The van der Waals surface area contributed by atoms with Gasteiger partial charge >= 0.3 is 0 Å². The zero-order chi connectivity index (χ0) is 13.2. The maximum atomic E-state index is 12.3. The third kappa shape index (κ3) is 2.95. The molecule has 1 aliphatic carbocycles. The molecular weight excluding hydrogens is 318 g/mol. The van der Waals surface area contributed by atoms with Crippen LogP contribution in [0.3, 0.4) is 0 Å². The van der Waals surface area contributed by atoms with E-state index in [0.29, 0.717) is 11.6 Å². The first kappa shape index (κ1) is 14.0. The quantitative estimate of drug-likeness (QED) is 0.826. The van der Waals surface area contributed by atoms with Crippen LogP contribution in [0, 0.1) is 12.8 Å². The second-order valence-corrected chi connectivity index (χ2v) is 7.12. The van der Waals surface area contributed by atoms with Gasteiger partial charge in [-0.3, -0.25) is 5.10 Å². The Kier molecular flexibility index (Phi) is 4.45. The Morgan fingerprint density at radius 3 is 2.83 bits per heavy atom. The summed E-state index contributed by atoms with van der Waals surface area (Å²) in [6.07, 6.45) is 5.61. The largest absolute Gasteiger partial charge is 0.281 e. The number of aromatic nitrogens is 2. The van der Waals surface area contributed by atoms with Crippen molar-refractivity contribution in [3.05, 3.63) is 11.9 Å². The van der Waals surface area contributed by atoms with E-state index in [-0.39, 0.29) is 10.9 Å². The van der Waals surface area contributed by atoms with Crippen LogP contribution in [0.15, 0.2) is 11.1 Å². The summed E-state index contributed by atoms with van der Waals surface area (Å²) in [5.74, 6) is 0.376. The Balaban J connectivity index is 2.15. The van der Waals surface area contributed by atoms with Gasteiger partial charge in [0.2, 0.25) is 10.0 Å². The number of H-pyrrole nitrogens is 1. The number of aryl methyl sites for hydroxylation is 1. The highest BCUT2D eigenvalue weighted by molar-refractivity contribution is 9.09. The molecule has 0 spiro atoms. The van der Waals surface area contributed by atoms with Crippen molar-refractivity contribution < 1.29 is 8.42 Å². The molecule has 2 unspecified atom stereocenters. The first-order chi connectivity index (χ1) is 8.54. The number of alkyl halides is 1. The Morgan fingerprint density at radius 2 is 2.22 bits per heavy atom. The maximum Gasteiger partial charge on any atom is 0.244 e. The Morgan fingerprint density at radius 1 is 1.50 bits per heavy atom. The van der Waals surface area contributed by atoms with Crippen molar-refractivity contribution >= 4 is 26.0 Å². The minimum absolute atomic E-state index is 0.0254. The van der Waals surface area contributed by atoms with E-state index in [4.69, 9.17) is 0 Å². The van der Waals surface area contributed by atoms with Crippen molar-refractivity contribution in [1.82, 2.24) is 14.9 Å². The normalized spacial score (nSPS) is 25.2. The van der Waals surface area contributed by atoms with Gasteiger partial charge in [0.25, 0.3) is 0 Å². The fourth-order valence-corrected chi connectivity index (χ4v) is 4.67. The molecule has 1 aromatic rings. The zero-order valence-electron chi connectivity index (χ0n) is 10.3. The lowest BCUT2D eigenvalue weighted by Gasteiger charge is -2.30. The summed E-state index contributed by atoms with van der Waals surface area (Å²) in [4.78, 5) is 0.251. The van der Waals surface area contributed by atoms with Crippen LogP contribution in [0.1, 0.15) is 31.4 Å². The summed E-state index contributed by atoms with van der Waals surface area (Å²) in [5.41, 5.74) is 0.578. The summed E-state index contributed by atoms with van der Waals surface area (Å²) < 4.78 is 27.3. The molecule has 2 N–H and O–H groups in total. The summed E-state index contributed by atoms with van der Waals surface area (Å²) in [6.45, 7) is 1.71. The van der Waals surface area contributed by atoms with Crippen molar-refractivity contribution in [2.45, 2.75) is 43.5 Å². The van der Waals surface area contributed by atoms with Crippen LogP contribution < -0.4 is 4.72 Å². The molecule has 102 valence electrons. The highest BCUT2D eigenvalue weighted by atomic mass is 79.9. The van der Waals surface area contributed by atoms with Gasteiger partial charge in [0.05, 0.1) is 11.9 Å². The summed E-state index contributed by atoms with van der Waals surface area (Å²) >= 11 is 3.47. The van der Waals surface area contributed by atoms with Crippen LogP contribution in [0.5, 0.6) is 0 Å². The number of nitrogens with zero attached hydrogens (tertiary/aromatic N) is 1. The van der Waals surface area contributed by atoms with Crippen molar-refractivity contribution in [2.24, 2.45) is 5.92 Å². The van der Waals surface area contributed by atoms with Crippen LogP contribution in [0.25, 0.3) is 0 Å². The van der Waals surface area contributed by atoms with Gasteiger partial charge in [-0.1, -0.05) is 28.8 Å². The topological polar surface area (TPSA) is 74.8 Å². The molecule has 1 aliphatic rings. The SMILES string of the molecule is Cc1[nH]ncc1S(=O)(=O)NC1CCCCC1CBr. The molecule has 1 heterocycles. The smallest absolute Gasteiger partial charge is 0.244 e. The predicted octanol–water partition coefficient (Wildman–Crippen LogP) is 1.95. The molecule has 1 fully saturated rings. The van der Waals surface area contributed by atoms with Crippen LogP contribution in [-0.4, -0.2) is 30.0 Å². The highest BCUT2D eigenvalue weighted by Gasteiger charge is 2.29. The number of hydrogen-bond acceptors (Lipinski definition) is 3. The number of halogens is 1. The molecule has 1 aromatic heterocycles. The number of rotatable bonds is 4.